The summed E-state index contributed by atoms with van der Waals surface area (Å²) in [6.45, 7) is 3.77. The van der Waals surface area contributed by atoms with Crippen LogP contribution in [0.1, 0.15) is 17.0 Å². The number of thioether (sulfide) groups is 1. The summed E-state index contributed by atoms with van der Waals surface area (Å²) in [6, 6.07) is 7.07. The molecule has 1 heterocycles. The maximum absolute atomic E-state index is 11.8. The second kappa shape index (κ2) is 8.29. The Morgan fingerprint density at radius 2 is 2.00 bits per heavy atom. The first-order chi connectivity index (χ1) is 11.0. The second-order valence-corrected chi connectivity index (χ2v) is 6.39. The molecule has 1 aromatic heterocycles. The van der Waals surface area contributed by atoms with Gasteiger partial charge in [-0.15, -0.1) is 0 Å². The van der Waals surface area contributed by atoms with Crippen molar-refractivity contribution in [1.82, 2.24) is 15.4 Å². The number of halogens is 2. The summed E-state index contributed by atoms with van der Waals surface area (Å²) in [7, 11) is 0. The highest BCUT2D eigenvalue weighted by molar-refractivity contribution is 7.99. The average molecular weight is 369 g/mol. The molecule has 1 amide bonds. The van der Waals surface area contributed by atoms with Crippen LogP contribution < -0.4 is 5.43 Å². The zero-order valence-corrected chi connectivity index (χ0v) is 14.8. The molecule has 2 rings (SSSR count). The normalized spacial score (nSPS) is 11.0. The maximum Gasteiger partial charge on any atom is 0.250 e. The maximum atomic E-state index is 11.8. The number of benzene rings is 1. The molecule has 0 aliphatic carbocycles. The van der Waals surface area contributed by atoms with Crippen molar-refractivity contribution in [2.75, 3.05) is 5.75 Å². The lowest BCUT2D eigenvalue weighted by atomic mass is 10.2. The van der Waals surface area contributed by atoms with Crippen LogP contribution in [-0.4, -0.2) is 27.8 Å². The van der Waals surface area contributed by atoms with Gasteiger partial charge in [-0.2, -0.15) is 5.10 Å². The van der Waals surface area contributed by atoms with E-state index in [0.717, 1.165) is 11.4 Å². The van der Waals surface area contributed by atoms with Gasteiger partial charge >= 0.3 is 0 Å². The number of aryl methyl sites for hydroxylation is 2. The molecule has 23 heavy (non-hydrogen) atoms. The Hall–Kier alpha value is -1.63. The number of nitrogens with zero attached hydrogens (tertiary/aromatic N) is 3. The van der Waals surface area contributed by atoms with E-state index in [1.54, 1.807) is 18.2 Å². The predicted octanol–water partition coefficient (Wildman–Crippen LogP) is 3.64. The Balaban J connectivity index is 1.87. The van der Waals surface area contributed by atoms with Gasteiger partial charge in [-0.3, -0.25) is 4.79 Å². The Bertz CT molecular complexity index is 732. The van der Waals surface area contributed by atoms with Crippen molar-refractivity contribution in [1.29, 1.82) is 0 Å². The number of nitrogens with one attached hydrogen (secondary N) is 1. The van der Waals surface area contributed by atoms with Gasteiger partial charge in [-0.25, -0.2) is 15.4 Å². The highest BCUT2D eigenvalue weighted by Gasteiger charge is 2.06. The van der Waals surface area contributed by atoms with E-state index in [-0.39, 0.29) is 11.7 Å². The van der Waals surface area contributed by atoms with E-state index in [4.69, 9.17) is 23.2 Å². The lowest BCUT2D eigenvalue weighted by Gasteiger charge is -2.03. The molecule has 0 spiro atoms. The Morgan fingerprint density at radius 3 is 2.70 bits per heavy atom. The first-order valence-corrected chi connectivity index (χ1v) is 8.41. The summed E-state index contributed by atoms with van der Waals surface area (Å²) < 4.78 is 0. The van der Waals surface area contributed by atoms with E-state index in [9.17, 15) is 4.79 Å². The summed E-state index contributed by atoms with van der Waals surface area (Å²) in [5, 5.41) is 5.27. The minimum atomic E-state index is -0.257. The molecular formula is C15H14Cl2N4OS. The van der Waals surface area contributed by atoms with Gasteiger partial charge in [-0.1, -0.05) is 47.1 Å². The van der Waals surface area contributed by atoms with Gasteiger partial charge < -0.3 is 0 Å². The molecule has 8 heteroatoms. The molecule has 2 aromatic rings. The fourth-order valence-corrected chi connectivity index (χ4v) is 2.81. The highest BCUT2D eigenvalue weighted by atomic mass is 35.5. The van der Waals surface area contributed by atoms with Crippen LogP contribution in [0, 0.1) is 13.8 Å². The van der Waals surface area contributed by atoms with Crippen molar-refractivity contribution in [3.8, 4) is 0 Å². The van der Waals surface area contributed by atoms with Crippen LogP contribution in [0.2, 0.25) is 10.0 Å². The molecule has 0 bridgehead atoms. The minimum absolute atomic E-state index is 0.170. The van der Waals surface area contributed by atoms with Crippen molar-refractivity contribution >= 4 is 47.1 Å². The third-order valence-electron chi connectivity index (χ3n) is 2.67. The van der Waals surface area contributed by atoms with Crippen molar-refractivity contribution in [2.24, 2.45) is 5.10 Å². The molecule has 1 aromatic carbocycles. The first kappa shape index (κ1) is 17.7. The van der Waals surface area contributed by atoms with Gasteiger partial charge in [-0.05, 0) is 26.0 Å². The average Bonchev–Trinajstić information content (AvgIpc) is 2.48. The molecule has 0 unspecified atom stereocenters. The SMILES string of the molecule is Cc1cc(C)nc(SCC(=O)NN=Cc2cccc(Cl)c2Cl)n1. The van der Waals surface area contributed by atoms with E-state index in [1.165, 1.54) is 18.0 Å². The summed E-state index contributed by atoms with van der Waals surface area (Å²) in [6.07, 6.45) is 1.45. The number of rotatable bonds is 5. The highest BCUT2D eigenvalue weighted by Crippen LogP contribution is 2.24. The lowest BCUT2D eigenvalue weighted by molar-refractivity contribution is -0.118. The van der Waals surface area contributed by atoms with Gasteiger partial charge in [0, 0.05) is 17.0 Å². The number of aromatic nitrogens is 2. The van der Waals surface area contributed by atoms with E-state index in [0.29, 0.717) is 20.8 Å². The van der Waals surface area contributed by atoms with Crippen LogP contribution in [0.25, 0.3) is 0 Å². The second-order valence-electron chi connectivity index (χ2n) is 4.66. The fourth-order valence-electron chi connectivity index (χ4n) is 1.71. The molecule has 0 saturated heterocycles. The molecular weight excluding hydrogens is 355 g/mol. The molecule has 0 aliphatic rings. The number of hydrazone groups is 1. The van der Waals surface area contributed by atoms with E-state index in [1.807, 2.05) is 19.9 Å². The van der Waals surface area contributed by atoms with E-state index in [2.05, 4.69) is 20.5 Å². The standard InChI is InChI=1S/C15H14Cl2N4OS/c1-9-6-10(2)20-15(19-9)23-8-13(22)21-18-7-11-4-3-5-12(16)14(11)17/h3-7H,8H2,1-2H3,(H,21,22). The number of hydrogen-bond donors (Lipinski definition) is 1. The van der Waals surface area contributed by atoms with Gasteiger partial charge in [0.25, 0.3) is 5.91 Å². The van der Waals surface area contributed by atoms with Crippen molar-refractivity contribution in [3.63, 3.8) is 0 Å². The van der Waals surface area contributed by atoms with Crippen LogP contribution in [0.5, 0.6) is 0 Å². The van der Waals surface area contributed by atoms with Gasteiger partial charge in [0.05, 0.1) is 22.0 Å². The Morgan fingerprint density at radius 1 is 1.30 bits per heavy atom. The van der Waals surface area contributed by atoms with Crippen molar-refractivity contribution < 1.29 is 4.79 Å². The van der Waals surface area contributed by atoms with Crippen LogP contribution in [0.4, 0.5) is 0 Å². The topological polar surface area (TPSA) is 67.2 Å². The number of amides is 1. The number of hydrogen-bond acceptors (Lipinski definition) is 5. The van der Waals surface area contributed by atoms with Crippen molar-refractivity contribution in [3.05, 3.63) is 51.3 Å². The van der Waals surface area contributed by atoms with Crippen molar-refractivity contribution in [2.45, 2.75) is 19.0 Å². The molecule has 0 saturated carbocycles. The number of carbonyl (C=O) groups is 1. The van der Waals surface area contributed by atoms with Crippen LogP contribution >= 0.6 is 35.0 Å². The monoisotopic (exact) mass is 368 g/mol. The van der Waals surface area contributed by atoms with Crippen LogP contribution in [0.15, 0.2) is 34.5 Å². The summed E-state index contributed by atoms with van der Waals surface area (Å²) in [5.74, 6) is -0.0871. The third kappa shape index (κ3) is 5.49. The fraction of sp³-hybridized carbons (Fsp3) is 0.200. The Labute approximate surface area is 148 Å². The minimum Gasteiger partial charge on any atom is -0.272 e. The predicted molar refractivity (Wildman–Crippen MR) is 94.4 cm³/mol. The number of carbonyl (C=O) groups excluding carboxylic acids is 1. The smallest absolute Gasteiger partial charge is 0.250 e. The van der Waals surface area contributed by atoms with Gasteiger partial charge in [0.15, 0.2) is 5.16 Å². The quantitative estimate of drug-likeness (QED) is 0.378. The van der Waals surface area contributed by atoms with Gasteiger partial charge in [0.1, 0.15) is 0 Å². The molecule has 0 aliphatic heterocycles. The van der Waals surface area contributed by atoms with Crippen LogP contribution in [-0.2, 0) is 4.79 Å². The van der Waals surface area contributed by atoms with Crippen LogP contribution in [0.3, 0.4) is 0 Å². The third-order valence-corrected chi connectivity index (χ3v) is 4.35. The molecule has 1 N–H and O–H groups in total. The summed E-state index contributed by atoms with van der Waals surface area (Å²) >= 11 is 13.2. The lowest BCUT2D eigenvalue weighted by Crippen LogP contribution is -2.19. The molecule has 120 valence electrons. The zero-order valence-electron chi connectivity index (χ0n) is 12.5. The molecule has 0 fully saturated rings. The van der Waals surface area contributed by atoms with Gasteiger partial charge in [0.2, 0.25) is 0 Å². The summed E-state index contributed by atoms with van der Waals surface area (Å²) in [5.41, 5.74) is 4.80. The zero-order chi connectivity index (χ0) is 16.8. The molecule has 0 radical (unpaired) electrons. The summed E-state index contributed by atoms with van der Waals surface area (Å²) in [4.78, 5) is 20.3. The molecule has 5 nitrogen and oxygen atoms in total. The Kier molecular flexibility index (Phi) is 6.38. The van der Waals surface area contributed by atoms with E-state index < -0.39 is 0 Å². The largest absolute Gasteiger partial charge is 0.272 e. The molecule has 0 atom stereocenters. The van der Waals surface area contributed by atoms with E-state index >= 15 is 0 Å². The first-order valence-electron chi connectivity index (χ1n) is 6.66.